The molecule has 1 heterocycles. The molecule has 26 heavy (non-hydrogen) atoms. The van der Waals surface area contributed by atoms with Crippen molar-refractivity contribution in [1.29, 1.82) is 0 Å². The Morgan fingerprint density at radius 1 is 1.42 bits per heavy atom. The van der Waals surface area contributed by atoms with Gasteiger partial charge in [-0.05, 0) is 11.8 Å². The molecule has 14 heteroatoms. The number of carbonyl (C=O) groups is 1. The zero-order valence-corrected chi connectivity index (χ0v) is 17.4. The van der Waals surface area contributed by atoms with E-state index < -0.39 is 42.2 Å². The van der Waals surface area contributed by atoms with E-state index in [1.165, 1.54) is 13.3 Å². The Bertz CT molecular complexity index is 755. The van der Waals surface area contributed by atoms with E-state index in [1.807, 2.05) is 0 Å². The van der Waals surface area contributed by atoms with Crippen molar-refractivity contribution in [3.63, 3.8) is 0 Å². The van der Waals surface area contributed by atoms with Crippen LogP contribution in [0.25, 0.3) is 0 Å². The lowest BCUT2D eigenvalue weighted by atomic mass is 10.4. The van der Waals surface area contributed by atoms with E-state index in [4.69, 9.17) is 34.0 Å². The molecule has 0 saturated carbocycles. The molecule has 0 amide bonds. The lowest BCUT2D eigenvalue weighted by Gasteiger charge is -2.26. The van der Waals surface area contributed by atoms with Crippen LogP contribution in [-0.2, 0) is 33.7 Å². The van der Waals surface area contributed by atoms with Crippen LogP contribution in [0.2, 0.25) is 0 Å². The first-order chi connectivity index (χ1) is 12.2. The minimum absolute atomic E-state index is 0.00127. The maximum atomic E-state index is 11.9. The second kappa shape index (κ2) is 11.2. The Labute approximate surface area is 167 Å². The molecule has 0 aliphatic rings. The number of carboxylic acids is 1. The van der Waals surface area contributed by atoms with Gasteiger partial charge in [-0.3, -0.25) is 19.1 Å². The molecule has 0 fully saturated rings. The molecule has 0 aliphatic heterocycles. The molecular weight excluding hydrogens is 506 g/mol. The monoisotopic (exact) mass is 524 g/mol. The Morgan fingerprint density at radius 2 is 2.12 bits per heavy atom. The summed E-state index contributed by atoms with van der Waals surface area (Å²) in [6, 6.07) is 1.15. The highest BCUT2D eigenvalue weighted by Gasteiger charge is 2.24. The molecule has 0 radical (unpaired) electrons. The number of nitrogens with zero attached hydrogens (tertiary/aromatic N) is 1. The highest BCUT2D eigenvalue weighted by molar-refractivity contribution is 14.1. The third-order valence-electron chi connectivity index (χ3n) is 2.87. The van der Waals surface area contributed by atoms with Gasteiger partial charge in [-0.15, -0.1) is 0 Å². The Balaban J connectivity index is 2.89. The fourth-order valence-corrected chi connectivity index (χ4v) is 3.56. The van der Waals surface area contributed by atoms with E-state index in [0.29, 0.717) is 0 Å². The highest BCUT2D eigenvalue weighted by atomic mass is 127. The van der Waals surface area contributed by atoms with Crippen LogP contribution in [0.4, 0.5) is 0 Å². The van der Waals surface area contributed by atoms with Gasteiger partial charge in [0, 0.05) is 19.4 Å². The third kappa shape index (κ3) is 8.35. The number of aliphatic carboxylic acids is 1. The number of H-pyrrole nitrogens is 1. The number of ether oxygens (including phenoxy) is 2. The van der Waals surface area contributed by atoms with Gasteiger partial charge < -0.3 is 27.1 Å². The van der Waals surface area contributed by atoms with Gasteiger partial charge in [0.2, 0.25) is 0 Å². The molecular formula is C12H18IN2O9PS. The zero-order chi connectivity index (χ0) is 19.7. The van der Waals surface area contributed by atoms with Crippen LogP contribution in [0.1, 0.15) is 6.23 Å². The van der Waals surface area contributed by atoms with E-state index in [2.05, 4.69) is 4.98 Å². The third-order valence-corrected chi connectivity index (χ3v) is 5.15. The van der Waals surface area contributed by atoms with Crippen molar-refractivity contribution in [3.05, 3.63) is 33.1 Å². The predicted octanol–water partition coefficient (Wildman–Crippen LogP) is -0.164. The fourth-order valence-electron chi connectivity index (χ4n) is 1.82. The molecule has 1 unspecified atom stereocenters. The first kappa shape index (κ1) is 23.4. The number of aromatic amines is 1. The summed E-state index contributed by atoms with van der Waals surface area (Å²) in [5, 5.41) is 8.72. The number of aromatic nitrogens is 2. The van der Waals surface area contributed by atoms with Crippen molar-refractivity contribution in [2.75, 3.05) is 33.1 Å². The first-order valence-electron chi connectivity index (χ1n) is 7.06. The van der Waals surface area contributed by atoms with Gasteiger partial charge in [-0.25, -0.2) is 4.79 Å². The first-order valence-corrected chi connectivity index (χ1v) is 10.8. The quantitative estimate of drug-likeness (QED) is 0.249. The Morgan fingerprint density at radius 3 is 2.65 bits per heavy atom. The van der Waals surface area contributed by atoms with Crippen molar-refractivity contribution in [2.24, 2.45) is 0 Å². The molecule has 148 valence electrons. The molecule has 1 aromatic rings. The summed E-state index contributed by atoms with van der Waals surface area (Å²) in [4.78, 5) is 45.7. The molecule has 0 aromatic carbocycles. The molecule has 0 spiro atoms. The molecule has 0 saturated heterocycles. The molecule has 1 aromatic heterocycles. The number of carboxylic acid groups (broad SMARTS) is 1. The van der Waals surface area contributed by atoms with E-state index in [9.17, 15) is 19.3 Å². The van der Waals surface area contributed by atoms with Gasteiger partial charge in [0.05, 0.1) is 19.8 Å². The molecule has 0 aliphatic carbocycles. The topological polar surface area (TPSA) is 149 Å². The minimum Gasteiger partial charge on any atom is -0.481 e. The van der Waals surface area contributed by atoms with Crippen molar-refractivity contribution in [2.45, 2.75) is 12.3 Å². The van der Waals surface area contributed by atoms with E-state index in [1.54, 1.807) is 23.0 Å². The number of hydrogen-bond acceptors (Lipinski definition) is 8. The second-order valence-corrected chi connectivity index (χ2v) is 9.13. The van der Waals surface area contributed by atoms with Crippen molar-refractivity contribution < 1.29 is 31.9 Å². The summed E-state index contributed by atoms with van der Waals surface area (Å²) in [5.74, 6) is -1.28. The maximum Gasteiger partial charge on any atom is 0.330 e. The summed E-state index contributed by atoms with van der Waals surface area (Å²) in [6.07, 6.45) is -1.18. The smallest absolute Gasteiger partial charge is 0.330 e. The van der Waals surface area contributed by atoms with Crippen molar-refractivity contribution in [1.82, 2.24) is 9.55 Å². The number of hydrogen-bond donors (Lipinski definition) is 3. The van der Waals surface area contributed by atoms with Crippen LogP contribution < -0.4 is 11.2 Å². The molecule has 11 nitrogen and oxygen atoms in total. The zero-order valence-electron chi connectivity index (χ0n) is 13.6. The SMILES string of the molecule is COC[C@@H](O[C@@H](COI)COP(O)(=S)CC(=O)O)n1ccc(=O)[nH]c1=O. The predicted molar refractivity (Wildman–Crippen MR) is 102 cm³/mol. The van der Waals surface area contributed by atoms with Crippen LogP contribution in [-0.4, -0.2) is 64.7 Å². The largest absolute Gasteiger partial charge is 0.481 e. The average molecular weight is 524 g/mol. The average Bonchev–Trinajstić information content (AvgIpc) is 2.51. The number of nitrogens with one attached hydrogen (secondary N) is 1. The Kier molecular flexibility index (Phi) is 10.1. The van der Waals surface area contributed by atoms with Crippen molar-refractivity contribution >= 4 is 47.3 Å². The molecule has 3 atom stereocenters. The van der Waals surface area contributed by atoms with Gasteiger partial charge in [-0.2, -0.15) is 0 Å². The fraction of sp³-hybridized carbons (Fsp3) is 0.583. The normalized spacial score (nSPS) is 16.0. The Hall–Kier alpha value is -0.670. The van der Waals surface area contributed by atoms with Gasteiger partial charge in [0.15, 0.2) is 12.7 Å². The number of methoxy groups -OCH3 is 1. The number of rotatable bonds is 12. The summed E-state index contributed by atoms with van der Waals surface area (Å²) in [6.45, 7) is -3.82. The van der Waals surface area contributed by atoms with Crippen LogP contribution in [0.15, 0.2) is 21.9 Å². The molecule has 3 N–H and O–H groups in total. The molecule has 1 rings (SSSR count). The van der Waals surface area contributed by atoms with Gasteiger partial charge in [0.1, 0.15) is 35.3 Å². The summed E-state index contributed by atoms with van der Waals surface area (Å²) in [7, 11) is 1.40. The van der Waals surface area contributed by atoms with Crippen LogP contribution >= 0.6 is 29.5 Å². The van der Waals surface area contributed by atoms with Gasteiger partial charge in [-0.1, -0.05) is 0 Å². The summed E-state index contributed by atoms with van der Waals surface area (Å²) < 4.78 is 21.9. The lowest BCUT2D eigenvalue weighted by Crippen LogP contribution is -2.37. The summed E-state index contributed by atoms with van der Waals surface area (Å²) in [5.41, 5.74) is -1.26. The van der Waals surface area contributed by atoms with Crippen LogP contribution in [0.3, 0.4) is 0 Å². The number of halogens is 1. The summed E-state index contributed by atoms with van der Waals surface area (Å²) >= 11 is 6.38. The standard InChI is InChI=1S/C12H18IN2O9PS/c1-21-6-10(15-3-2-9(16)14-12(15)19)24-8(4-22-13)5-23-25(20,26)7-11(17)18/h2-3,8,10H,4-7H2,1H3,(H,17,18)(H,20,26)(H,14,16,19)/t8-,10+,25?/m0/s1. The minimum atomic E-state index is -3.52. The van der Waals surface area contributed by atoms with Crippen LogP contribution in [0, 0.1) is 0 Å². The lowest BCUT2D eigenvalue weighted by molar-refractivity contribution is -0.134. The highest BCUT2D eigenvalue weighted by Crippen LogP contribution is 2.42. The van der Waals surface area contributed by atoms with Gasteiger partial charge >= 0.3 is 11.7 Å². The maximum absolute atomic E-state index is 11.9. The van der Waals surface area contributed by atoms with Crippen LogP contribution in [0.5, 0.6) is 0 Å². The second-order valence-electron chi connectivity index (χ2n) is 4.95. The van der Waals surface area contributed by atoms with Gasteiger partial charge in [0.25, 0.3) is 5.56 Å². The van der Waals surface area contributed by atoms with E-state index in [-0.39, 0.29) is 19.8 Å². The van der Waals surface area contributed by atoms with Crippen molar-refractivity contribution in [3.8, 4) is 0 Å². The van der Waals surface area contributed by atoms with E-state index in [0.717, 1.165) is 10.6 Å². The molecule has 0 bridgehead atoms. The van der Waals surface area contributed by atoms with E-state index >= 15 is 0 Å².